The number of amides is 2. The van der Waals surface area contributed by atoms with E-state index in [1.165, 1.54) is 52.2 Å². The average Bonchev–Trinajstić information content (AvgIpc) is 3.64. The molecule has 2 aliphatic heterocycles. The third kappa shape index (κ3) is 8.91. The van der Waals surface area contributed by atoms with Gasteiger partial charge in [-0.2, -0.15) is 0 Å². The number of aliphatic hydroxyl groups excluding tert-OH is 5. The SMILES string of the molecule is CN1C(C(=O)Nc2ccccn2)=C(O)c2sccc2S1(=O)=O.COc1c(O[C@@H]2O[C@H](CO)[C@@H](O)[C@H](O)[C@H]2O)cc2c(c1OC)-c1ccc(SC)c(=O)cc1[C@@H](NC(C)=O)CC2. The number of ether oxygens (including phenoxy) is 4. The number of pyridine rings is 1. The summed E-state index contributed by atoms with van der Waals surface area (Å²) in [7, 11) is 0.240. The second kappa shape index (κ2) is 18.8. The molecule has 7 N–H and O–H groups in total. The lowest BCUT2D eigenvalue weighted by molar-refractivity contribution is -0.277. The van der Waals surface area contributed by atoms with Crippen LogP contribution in [0.4, 0.5) is 5.82 Å². The van der Waals surface area contributed by atoms with E-state index in [0.717, 1.165) is 21.2 Å². The van der Waals surface area contributed by atoms with Gasteiger partial charge in [-0.25, -0.2) is 13.4 Å². The second-order valence-electron chi connectivity index (χ2n) is 13.8. The van der Waals surface area contributed by atoms with Gasteiger partial charge >= 0.3 is 0 Å². The van der Waals surface area contributed by atoms with Gasteiger partial charge in [0.1, 0.15) is 35.1 Å². The number of likely N-dealkylation sites (N-methyl/N-ethyl adjacent to an activating group) is 1. The zero-order chi connectivity index (χ0) is 44.3. The van der Waals surface area contributed by atoms with E-state index in [4.69, 9.17) is 18.9 Å². The van der Waals surface area contributed by atoms with E-state index >= 15 is 0 Å². The molecule has 4 heterocycles. The standard InChI is InChI=1S/C27H33NO10S.C13H11N3O4S2/c1-12(30)28-16-7-5-13-9-18(37-27-24(34)23(33)22(32)19(11-29)38-27)25(35-2)26(36-3)21(13)14-6-8-20(39-4)17(31)10-15(14)16;1-16-10(13(18)15-9-4-2-3-6-14-9)11(17)12-8(5-7-21-12)22(16,19)20/h6,8-10,16,19,22-24,27,29,32-34H,5,7,11H2,1-4H3,(H,28,30);2-7,17H,1H3,(H,14,15,18)/t16-,19+,22+,23-,24+,27+;/m0./s1. The number of nitrogens with zero attached hydrogens (tertiary/aromatic N) is 2. The number of hydrogen-bond acceptors (Lipinski definition) is 17. The Morgan fingerprint density at radius 3 is 2.43 bits per heavy atom. The number of carbonyl (C=O) groups excluding carboxylic acids is 2. The van der Waals surface area contributed by atoms with Crippen molar-refractivity contribution in [3.05, 3.63) is 92.0 Å². The summed E-state index contributed by atoms with van der Waals surface area (Å²) < 4.78 is 48.5. The Kier molecular flexibility index (Phi) is 13.9. The molecular formula is C40H44N4O14S3. The normalized spacial score (nSPS) is 22.5. The summed E-state index contributed by atoms with van der Waals surface area (Å²) in [6.45, 7) is 0.815. The Labute approximate surface area is 358 Å². The van der Waals surface area contributed by atoms with Gasteiger partial charge in [0.15, 0.2) is 28.4 Å². The number of sulfonamides is 1. The number of fused-ring (bicyclic) bond motifs is 4. The van der Waals surface area contributed by atoms with Gasteiger partial charge < -0.3 is 55.1 Å². The summed E-state index contributed by atoms with van der Waals surface area (Å²) in [5.74, 6) is -0.504. The number of nitrogens with one attached hydrogen (secondary N) is 2. The minimum atomic E-state index is -3.85. The molecule has 1 aliphatic carbocycles. The van der Waals surface area contributed by atoms with E-state index in [-0.39, 0.29) is 49.9 Å². The van der Waals surface area contributed by atoms with Crippen LogP contribution in [0, 0.1) is 0 Å². The molecule has 0 spiro atoms. The molecule has 0 unspecified atom stereocenters. The molecule has 2 amide bonds. The molecule has 18 nitrogen and oxygen atoms in total. The summed E-state index contributed by atoms with van der Waals surface area (Å²) in [6.07, 6.45) is -3.15. The largest absolute Gasteiger partial charge is 0.504 e. The number of benzene rings is 1. The smallest absolute Gasteiger partial charge is 0.278 e. The van der Waals surface area contributed by atoms with Gasteiger partial charge in [-0.15, -0.1) is 23.1 Å². The van der Waals surface area contributed by atoms with Crippen LogP contribution in [0.15, 0.2) is 80.4 Å². The summed E-state index contributed by atoms with van der Waals surface area (Å²) in [6, 6.07) is 12.7. The van der Waals surface area contributed by atoms with Gasteiger partial charge in [-0.1, -0.05) is 12.1 Å². The van der Waals surface area contributed by atoms with Crippen molar-refractivity contribution in [2.24, 2.45) is 0 Å². The highest BCUT2D eigenvalue weighted by Crippen LogP contribution is 2.51. The van der Waals surface area contributed by atoms with Crippen LogP contribution in [0.2, 0.25) is 0 Å². The quantitative estimate of drug-likeness (QED) is 0.119. The molecule has 6 atom stereocenters. The Balaban J connectivity index is 0.000000238. The van der Waals surface area contributed by atoms with Crippen LogP contribution < -0.4 is 30.3 Å². The van der Waals surface area contributed by atoms with Crippen LogP contribution in [0.5, 0.6) is 17.2 Å². The molecule has 1 saturated heterocycles. The molecular weight excluding hydrogens is 857 g/mol. The van der Waals surface area contributed by atoms with E-state index in [1.54, 1.807) is 41.8 Å². The van der Waals surface area contributed by atoms with E-state index in [9.17, 15) is 48.3 Å². The maximum Gasteiger partial charge on any atom is 0.278 e. The minimum Gasteiger partial charge on any atom is -0.504 e. The predicted molar refractivity (Wildman–Crippen MR) is 224 cm³/mol. The number of thiophene rings is 1. The van der Waals surface area contributed by atoms with Crippen molar-refractivity contribution < 1.29 is 62.5 Å². The second-order valence-corrected chi connectivity index (χ2v) is 17.5. The topological polar surface area (TPSA) is 264 Å². The summed E-state index contributed by atoms with van der Waals surface area (Å²) >= 11 is 2.38. The number of aromatic nitrogens is 1. The van der Waals surface area contributed by atoms with E-state index in [0.29, 0.717) is 40.2 Å². The number of aliphatic hydroxyl groups is 5. The highest BCUT2D eigenvalue weighted by molar-refractivity contribution is 7.98. The zero-order valence-corrected chi connectivity index (χ0v) is 35.8. The molecule has 61 heavy (non-hydrogen) atoms. The molecule has 2 aromatic carbocycles. The van der Waals surface area contributed by atoms with Crippen LogP contribution in [-0.4, -0.2) is 120 Å². The third-order valence-corrected chi connectivity index (χ3v) is 13.7. The molecule has 0 radical (unpaired) electrons. The maximum absolute atomic E-state index is 13.0. The lowest BCUT2D eigenvalue weighted by atomic mass is 9.95. The number of hydrogen-bond donors (Lipinski definition) is 7. The Morgan fingerprint density at radius 2 is 1.79 bits per heavy atom. The highest BCUT2D eigenvalue weighted by atomic mass is 32.2. The van der Waals surface area contributed by atoms with Crippen molar-refractivity contribution in [3.63, 3.8) is 0 Å². The lowest BCUT2D eigenvalue weighted by Gasteiger charge is -2.39. The summed E-state index contributed by atoms with van der Waals surface area (Å²) in [5.41, 5.74) is 2.22. The van der Waals surface area contributed by atoms with Crippen molar-refractivity contribution in [2.75, 3.05) is 39.4 Å². The number of thioether (sulfide) groups is 1. The fourth-order valence-electron chi connectivity index (χ4n) is 7.15. The molecule has 1 fully saturated rings. The van der Waals surface area contributed by atoms with Crippen molar-refractivity contribution in [1.29, 1.82) is 0 Å². The number of aryl methyl sites for hydroxylation is 1. The first kappa shape index (κ1) is 45.3. The molecule has 0 saturated carbocycles. The van der Waals surface area contributed by atoms with Gasteiger partial charge in [-0.05, 0) is 77.6 Å². The van der Waals surface area contributed by atoms with Crippen LogP contribution in [0.3, 0.4) is 0 Å². The van der Waals surface area contributed by atoms with Crippen LogP contribution >= 0.6 is 23.1 Å². The molecule has 21 heteroatoms. The maximum atomic E-state index is 13.0. The Hall–Kier alpha value is -5.26. The summed E-state index contributed by atoms with van der Waals surface area (Å²) in [5, 5.41) is 57.6. The first-order valence-corrected chi connectivity index (χ1v) is 22.1. The molecule has 7 rings (SSSR count). The van der Waals surface area contributed by atoms with E-state index in [1.807, 2.05) is 12.3 Å². The molecule has 326 valence electrons. The third-order valence-electron chi connectivity index (χ3n) is 10.1. The first-order valence-electron chi connectivity index (χ1n) is 18.5. The minimum absolute atomic E-state index is 0.00751. The number of methoxy groups -OCH3 is 2. The molecule has 3 aliphatic rings. The number of carbonyl (C=O) groups is 2. The molecule has 0 bridgehead atoms. The molecule has 2 aromatic heterocycles. The van der Waals surface area contributed by atoms with Gasteiger partial charge in [0.25, 0.3) is 15.9 Å². The predicted octanol–water partition coefficient (Wildman–Crippen LogP) is 2.40. The van der Waals surface area contributed by atoms with Crippen LogP contribution in [-0.2, 0) is 30.8 Å². The summed E-state index contributed by atoms with van der Waals surface area (Å²) in [4.78, 5) is 42.0. The van der Waals surface area contributed by atoms with Crippen molar-refractivity contribution in [1.82, 2.24) is 14.6 Å². The fourth-order valence-corrected chi connectivity index (χ4v) is 10.2. The van der Waals surface area contributed by atoms with Crippen LogP contribution in [0.1, 0.15) is 35.4 Å². The van der Waals surface area contributed by atoms with Crippen molar-refractivity contribution >= 4 is 56.5 Å². The van der Waals surface area contributed by atoms with Gasteiger partial charge in [0.05, 0.1) is 36.6 Å². The van der Waals surface area contributed by atoms with E-state index in [2.05, 4.69) is 15.6 Å². The van der Waals surface area contributed by atoms with Gasteiger partial charge in [0.2, 0.25) is 17.9 Å². The van der Waals surface area contributed by atoms with Crippen molar-refractivity contribution in [2.45, 2.75) is 66.3 Å². The monoisotopic (exact) mass is 900 g/mol. The fraction of sp³-hybridized carbons (Fsp3) is 0.350. The average molecular weight is 901 g/mol. The number of rotatable bonds is 9. The van der Waals surface area contributed by atoms with Crippen molar-refractivity contribution in [3.8, 4) is 28.4 Å². The number of anilines is 1. The van der Waals surface area contributed by atoms with Gasteiger partial charge in [0, 0.05) is 25.7 Å². The Morgan fingerprint density at radius 1 is 1.05 bits per heavy atom. The highest BCUT2D eigenvalue weighted by Gasteiger charge is 2.45. The first-order chi connectivity index (χ1) is 29.1. The Bertz CT molecular complexity index is 2500. The van der Waals surface area contributed by atoms with E-state index < -0.39 is 59.3 Å². The lowest BCUT2D eigenvalue weighted by Crippen LogP contribution is -2.60. The zero-order valence-electron chi connectivity index (χ0n) is 33.4. The van der Waals surface area contributed by atoms with Gasteiger partial charge in [-0.3, -0.25) is 18.7 Å². The molecule has 4 aromatic rings. The van der Waals surface area contributed by atoms with Crippen LogP contribution in [0.25, 0.3) is 16.9 Å².